The van der Waals surface area contributed by atoms with Gasteiger partial charge in [0.2, 0.25) is 0 Å². The Bertz CT molecular complexity index is 2220. The summed E-state index contributed by atoms with van der Waals surface area (Å²) in [5.74, 6) is -0.956. The topological polar surface area (TPSA) is 150 Å². The van der Waals surface area contributed by atoms with E-state index in [4.69, 9.17) is 57.6 Å². The van der Waals surface area contributed by atoms with Crippen molar-refractivity contribution in [1.29, 1.82) is 0 Å². The van der Waals surface area contributed by atoms with E-state index in [0.29, 0.717) is 19.6 Å². The predicted molar refractivity (Wildman–Crippen MR) is 248 cm³/mol. The van der Waals surface area contributed by atoms with Crippen LogP contribution in [0.15, 0.2) is 157 Å². The molecule has 0 radical (unpaired) electrons. The summed E-state index contributed by atoms with van der Waals surface area (Å²) < 4.78 is 74.6. The second kappa shape index (κ2) is 24.8. The van der Waals surface area contributed by atoms with Crippen molar-refractivity contribution in [3.63, 3.8) is 0 Å². The molecule has 3 heterocycles. The molecular formula is C53H61N3O11. The second-order valence-corrected chi connectivity index (χ2v) is 17.2. The van der Waals surface area contributed by atoms with Gasteiger partial charge in [0.15, 0.2) is 18.4 Å². The van der Waals surface area contributed by atoms with Gasteiger partial charge in [-0.15, -0.1) is 0 Å². The van der Waals surface area contributed by atoms with Gasteiger partial charge in [-0.2, -0.15) is 0 Å². The van der Waals surface area contributed by atoms with Crippen molar-refractivity contribution in [2.24, 2.45) is 5.11 Å². The van der Waals surface area contributed by atoms with Gasteiger partial charge in [-0.05, 0) is 53.6 Å². The molecular weight excluding hydrogens is 855 g/mol. The number of nitrogens with zero attached hydrogens (tertiary/aromatic N) is 3. The zero-order chi connectivity index (χ0) is 46.1. The summed E-state index contributed by atoms with van der Waals surface area (Å²) in [6.45, 7) is 5.95. The summed E-state index contributed by atoms with van der Waals surface area (Å²) in [5.41, 5.74) is 13.9. The summed E-state index contributed by atoms with van der Waals surface area (Å²) in [5, 5.41) is 3.71. The van der Waals surface area contributed by atoms with E-state index >= 15 is 0 Å². The zero-order valence-electron chi connectivity index (χ0n) is 38.1. The number of azide groups is 1. The fourth-order valence-corrected chi connectivity index (χ4v) is 8.50. The van der Waals surface area contributed by atoms with Crippen molar-refractivity contribution in [3.05, 3.63) is 190 Å². The molecule has 354 valence electrons. The first-order chi connectivity index (χ1) is 32.9. The Labute approximate surface area is 392 Å². The monoisotopic (exact) mass is 915 g/mol. The van der Waals surface area contributed by atoms with Gasteiger partial charge in [-0.1, -0.05) is 157 Å². The van der Waals surface area contributed by atoms with E-state index in [0.717, 1.165) is 27.8 Å². The van der Waals surface area contributed by atoms with Crippen LogP contribution in [0.4, 0.5) is 0 Å². The molecule has 67 heavy (non-hydrogen) atoms. The SMILES string of the molecule is CC1(C)OC2C(OCc3ccccc3)[C@H](O[C@@H]3C(COCc4ccccc4)O[C@@H](OCCCN=[N+]=[N-])C(OCc4ccccc4)C3OCc3ccccc3)OC(COCc3ccccc3)[C@@H]2O1. The number of rotatable bonds is 24. The van der Waals surface area contributed by atoms with Gasteiger partial charge < -0.3 is 52.1 Å². The molecule has 0 aliphatic carbocycles. The van der Waals surface area contributed by atoms with E-state index in [2.05, 4.69) is 10.0 Å². The molecule has 14 heteroatoms. The quantitative estimate of drug-likeness (QED) is 0.0252. The fraction of sp³-hybridized carbons (Fsp3) is 0.434. The molecule has 0 spiro atoms. The molecule has 3 fully saturated rings. The smallest absolute Gasteiger partial charge is 0.187 e. The maximum absolute atomic E-state index is 8.97. The van der Waals surface area contributed by atoms with Crippen molar-refractivity contribution in [2.45, 2.75) is 121 Å². The predicted octanol–water partition coefficient (Wildman–Crippen LogP) is 9.25. The van der Waals surface area contributed by atoms with Gasteiger partial charge in [-0.25, -0.2) is 0 Å². The van der Waals surface area contributed by atoms with Gasteiger partial charge in [0.05, 0.1) is 46.2 Å². The fourth-order valence-electron chi connectivity index (χ4n) is 8.50. The Hall–Kier alpha value is -5.03. The lowest BCUT2D eigenvalue weighted by atomic mass is 9.96. The van der Waals surface area contributed by atoms with Crippen LogP contribution < -0.4 is 0 Å². The van der Waals surface area contributed by atoms with E-state index in [-0.39, 0.29) is 46.2 Å². The number of hydrogen-bond acceptors (Lipinski definition) is 12. The van der Waals surface area contributed by atoms with E-state index < -0.39 is 67.2 Å². The van der Waals surface area contributed by atoms with Gasteiger partial charge in [0.1, 0.15) is 48.8 Å². The van der Waals surface area contributed by atoms with Crippen LogP contribution in [0.25, 0.3) is 10.4 Å². The number of benzene rings is 5. The standard InChI is InChI=1S/C53H61N3O11/c1-53(2)66-46-44(37-58-32-39-21-10-4-11-22-39)64-52(50(48(46)67-53)62-35-42-27-16-7-17-28-42)65-45-43(36-57-31-38-19-8-3-9-20-38)63-51(59-30-18-29-55-56-54)49(61-34-41-25-14-6-15-26-41)47(45)60-33-40-23-12-5-13-24-40/h3-17,19-28,43-52H,18,29-37H2,1-2H3/t43?,44?,45-,46+,47?,48?,49?,50?,51-,52+/m1/s1. The number of hydrogen-bond donors (Lipinski definition) is 0. The maximum atomic E-state index is 8.97. The molecule has 10 atom stereocenters. The zero-order valence-corrected chi connectivity index (χ0v) is 38.1. The van der Waals surface area contributed by atoms with E-state index in [1.54, 1.807) is 0 Å². The Morgan fingerprint density at radius 3 is 1.43 bits per heavy atom. The van der Waals surface area contributed by atoms with Crippen molar-refractivity contribution in [3.8, 4) is 0 Å². The highest BCUT2D eigenvalue weighted by Crippen LogP contribution is 2.41. The van der Waals surface area contributed by atoms with Crippen LogP contribution >= 0.6 is 0 Å². The summed E-state index contributed by atoms with van der Waals surface area (Å²) in [6.07, 6.45) is -7.36. The summed E-state index contributed by atoms with van der Waals surface area (Å²) >= 11 is 0. The van der Waals surface area contributed by atoms with E-state index in [9.17, 15) is 0 Å². The second-order valence-electron chi connectivity index (χ2n) is 17.2. The minimum Gasteiger partial charge on any atom is -0.374 e. The molecule has 3 saturated heterocycles. The van der Waals surface area contributed by atoms with Crippen molar-refractivity contribution in [1.82, 2.24) is 0 Å². The third-order valence-corrected chi connectivity index (χ3v) is 11.7. The van der Waals surface area contributed by atoms with Crippen molar-refractivity contribution < 1.29 is 52.1 Å². The Balaban J connectivity index is 1.15. The highest BCUT2D eigenvalue weighted by Gasteiger charge is 2.58. The average molecular weight is 916 g/mol. The van der Waals surface area contributed by atoms with Gasteiger partial charge >= 0.3 is 0 Å². The molecule has 14 nitrogen and oxygen atoms in total. The van der Waals surface area contributed by atoms with Crippen LogP contribution in [0.3, 0.4) is 0 Å². The Kier molecular flexibility index (Phi) is 17.9. The Morgan fingerprint density at radius 1 is 0.493 bits per heavy atom. The minimum atomic E-state index is -1.04. The third kappa shape index (κ3) is 14.0. The molecule has 3 aliphatic heterocycles. The first-order valence-corrected chi connectivity index (χ1v) is 23.1. The van der Waals surface area contributed by atoms with Crippen LogP contribution in [0.1, 0.15) is 48.1 Å². The van der Waals surface area contributed by atoms with Crippen LogP contribution in [0.5, 0.6) is 0 Å². The summed E-state index contributed by atoms with van der Waals surface area (Å²) in [7, 11) is 0. The molecule has 5 aromatic carbocycles. The normalized spacial score (nSPS) is 26.7. The van der Waals surface area contributed by atoms with Crippen LogP contribution in [0.2, 0.25) is 0 Å². The lowest BCUT2D eigenvalue weighted by Gasteiger charge is -2.49. The average Bonchev–Trinajstić information content (AvgIpc) is 3.69. The minimum absolute atomic E-state index is 0.0965. The maximum Gasteiger partial charge on any atom is 0.187 e. The molecule has 0 amide bonds. The molecule has 0 saturated carbocycles. The van der Waals surface area contributed by atoms with Gasteiger partial charge in [0.25, 0.3) is 0 Å². The lowest BCUT2D eigenvalue weighted by Crippen LogP contribution is -2.65. The largest absolute Gasteiger partial charge is 0.374 e. The summed E-state index contributed by atoms with van der Waals surface area (Å²) in [4.78, 5) is 2.91. The molecule has 0 aromatic heterocycles. The van der Waals surface area contributed by atoms with Crippen molar-refractivity contribution in [2.75, 3.05) is 26.4 Å². The molecule has 5 aromatic rings. The first-order valence-electron chi connectivity index (χ1n) is 23.1. The highest BCUT2D eigenvalue weighted by atomic mass is 16.8. The third-order valence-electron chi connectivity index (χ3n) is 11.7. The Morgan fingerprint density at radius 2 is 0.925 bits per heavy atom. The summed E-state index contributed by atoms with van der Waals surface area (Å²) in [6, 6.07) is 49.7. The number of ether oxygens (including phenoxy) is 11. The van der Waals surface area contributed by atoms with E-state index in [1.165, 1.54) is 0 Å². The molecule has 0 bridgehead atoms. The molecule has 0 N–H and O–H groups in total. The van der Waals surface area contributed by atoms with Crippen LogP contribution in [0, 0.1) is 0 Å². The molecule has 6 unspecified atom stereocenters. The number of fused-ring (bicyclic) bond motifs is 1. The molecule has 8 rings (SSSR count). The highest BCUT2D eigenvalue weighted by molar-refractivity contribution is 5.17. The lowest BCUT2D eigenvalue weighted by molar-refractivity contribution is -0.367. The van der Waals surface area contributed by atoms with Gasteiger partial charge in [0, 0.05) is 18.1 Å². The van der Waals surface area contributed by atoms with Crippen LogP contribution in [-0.2, 0) is 85.1 Å². The van der Waals surface area contributed by atoms with Crippen LogP contribution in [-0.4, -0.2) is 93.6 Å². The first kappa shape index (κ1) is 48.4. The van der Waals surface area contributed by atoms with Gasteiger partial charge in [-0.3, -0.25) is 0 Å². The van der Waals surface area contributed by atoms with Crippen molar-refractivity contribution >= 4 is 0 Å². The molecule has 3 aliphatic rings. The van der Waals surface area contributed by atoms with E-state index in [1.807, 2.05) is 166 Å².